The summed E-state index contributed by atoms with van der Waals surface area (Å²) in [5.74, 6) is 0. The molecule has 0 aliphatic carbocycles. The standard InChI is InChI=1S/C12H18ClNS/c1-2-10-5-3-4-8-14(10)9-11-6-7-12(13)15-11/h6-7,10H,2-5,8-9H2,1H3. The monoisotopic (exact) mass is 243 g/mol. The van der Waals surface area contributed by atoms with Gasteiger partial charge in [-0.3, -0.25) is 4.90 Å². The lowest BCUT2D eigenvalue weighted by molar-refractivity contribution is 0.137. The Bertz CT molecular complexity index is 310. The maximum Gasteiger partial charge on any atom is 0.0931 e. The van der Waals surface area contributed by atoms with Crippen molar-refractivity contribution in [3.63, 3.8) is 0 Å². The van der Waals surface area contributed by atoms with Crippen LogP contribution in [-0.4, -0.2) is 17.5 Å². The van der Waals surface area contributed by atoms with Gasteiger partial charge in [0, 0.05) is 17.5 Å². The van der Waals surface area contributed by atoms with Crippen molar-refractivity contribution >= 4 is 22.9 Å². The molecule has 1 nitrogen and oxygen atoms in total. The molecule has 0 saturated carbocycles. The molecule has 1 aromatic heterocycles. The molecule has 1 saturated heterocycles. The van der Waals surface area contributed by atoms with Crippen molar-refractivity contribution in [2.45, 2.75) is 45.2 Å². The molecule has 1 aromatic rings. The molecule has 0 radical (unpaired) electrons. The first-order valence-corrected chi connectivity index (χ1v) is 6.97. The first-order chi connectivity index (χ1) is 7.29. The van der Waals surface area contributed by atoms with Crippen LogP contribution in [0, 0.1) is 0 Å². The molecule has 1 unspecified atom stereocenters. The summed E-state index contributed by atoms with van der Waals surface area (Å²) < 4.78 is 0.912. The van der Waals surface area contributed by atoms with E-state index in [4.69, 9.17) is 11.6 Å². The summed E-state index contributed by atoms with van der Waals surface area (Å²) in [4.78, 5) is 4.02. The predicted octanol–water partition coefficient (Wildman–Crippen LogP) is 4.17. The summed E-state index contributed by atoms with van der Waals surface area (Å²) >= 11 is 7.67. The second-order valence-corrected chi connectivity index (χ2v) is 6.03. The molecule has 0 N–H and O–H groups in total. The van der Waals surface area contributed by atoms with Crippen LogP contribution in [-0.2, 0) is 6.54 Å². The zero-order valence-electron chi connectivity index (χ0n) is 9.21. The molecule has 2 heterocycles. The number of hydrogen-bond acceptors (Lipinski definition) is 2. The van der Waals surface area contributed by atoms with E-state index >= 15 is 0 Å². The zero-order chi connectivity index (χ0) is 10.7. The van der Waals surface area contributed by atoms with Gasteiger partial charge in [-0.1, -0.05) is 24.9 Å². The summed E-state index contributed by atoms with van der Waals surface area (Å²) in [5, 5.41) is 0. The summed E-state index contributed by atoms with van der Waals surface area (Å²) in [6.45, 7) is 4.65. The van der Waals surface area contributed by atoms with Crippen LogP contribution >= 0.6 is 22.9 Å². The van der Waals surface area contributed by atoms with E-state index in [2.05, 4.69) is 17.9 Å². The normalized spacial score (nSPS) is 23.2. The van der Waals surface area contributed by atoms with Crippen molar-refractivity contribution in [2.24, 2.45) is 0 Å². The lowest BCUT2D eigenvalue weighted by atomic mass is 10.00. The van der Waals surface area contributed by atoms with Crippen molar-refractivity contribution in [3.05, 3.63) is 21.3 Å². The Labute approximate surface area is 101 Å². The van der Waals surface area contributed by atoms with Crippen LogP contribution in [0.1, 0.15) is 37.5 Å². The number of piperidine rings is 1. The molecule has 15 heavy (non-hydrogen) atoms. The van der Waals surface area contributed by atoms with E-state index in [1.807, 2.05) is 6.07 Å². The number of likely N-dealkylation sites (tertiary alicyclic amines) is 1. The summed E-state index contributed by atoms with van der Waals surface area (Å²) in [6.07, 6.45) is 5.41. The third-order valence-electron chi connectivity index (χ3n) is 3.21. The average Bonchev–Trinajstić information content (AvgIpc) is 2.65. The first kappa shape index (κ1) is 11.4. The molecule has 1 fully saturated rings. The van der Waals surface area contributed by atoms with E-state index in [0.29, 0.717) is 0 Å². The Hall–Kier alpha value is -0.0500. The topological polar surface area (TPSA) is 3.24 Å². The van der Waals surface area contributed by atoms with E-state index in [1.54, 1.807) is 11.3 Å². The average molecular weight is 244 g/mol. The van der Waals surface area contributed by atoms with Crippen LogP contribution in [0.25, 0.3) is 0 Å². The third kappa shape index (κ3) is 2.96. The van der Waals surface area contributed by atoms with E-state index in [1.165, 1.54) is 37.1 Å². The highest BCUT2D eigenvalue weighted by Gasteiger charge is 2.20. The highest BCUT2D eigenvalue weighted by Crippen LogP contribution is 2.26. The van der Waals surface area contributed by atoms with Crippen LogP contribution < -0.4 is 0 Å². The van der Waals surface area contributed by atoms with E-state index in [9.17, 15) is 0 Å². The molecule has 2 rings (SSSR count). The minimum atomic E-state index is 0.791. The fourth-order valence-electron chi connectivity index (χ4n) is 2.37. The van der Waals surface area contributed by atoms with Crippen LogP contribution in [0.15, 0.2) is 12.1 Å². The van der Waals surface area contributed by atoms with Gasteiger partial charge in [0.25, 0.3) is 0 Å². The van der Waals surface area contributed by atoms with Gasteiger partial charge in [-0.15, -0.1) is 11.3 Å². The van der Waals surface area contributed by atoms with Gasteiger partial charge in [0.2, 0.25) is 0 Å². The second-order valence-electron chi connectivity index (χ2n) is 4.23. The Balaban J connectivity index is 1.97. The van der Waals surface area contributed by atoms with Gasteiger partial charge in [0.05, 0.1) is 4.34 Å². The Kier molecular flexibility index (Phi) is 4.06. The molecule has 1 atom stereocenters. The fraction of sp³-hybridized carbons (Fsp3) is 0.667. The van der Waals surface area contributed by atoms with Gasteiger partial charge in [-0.25, -0.2) is 0 Å². The van der Waals surface area contributed by atoms with Gasteiger partial charge in [0.15, 0.2) is 0 Å². The maximum absolute atomic E-state index is 5.95. The summed E-state index contributed by atoms with van der Waals surface area (Å²) in [5.41, 5.74) is 0. The molecule has 1 aliphatic rings. The number of halogens is 1. The van der Waals surface area contributed by atoms with Crippen molar-refractivity contribution in [1.29, 1.82) is 0 Å². The van der Waals surface area contributed by atoms with Gasteiger partial charge in [0.1, 0.15) is 0 Å². The maximum atomic E-state index is 5.95. The molecule has 0 aromatic carbocycles. The third-order valence-corrected chi connectivity index (χ3v) is 4.42. The van der Waals surface area contributed by atoms with Crippen molar-refractivity contribution in [3.8, 4) is 0 Å². The van der Waals surface area contributed by atoms with E-state index in [0.717, 1.165) is 16.9 Å². The van der Waals surface area contributed by atoms with E-state index in [-0.39, 0.29) is 0 Å². The molecule has 0 bridgehead atoms. The van der Waals surface area contributed by atoms with Crippen LogP contribution in [0.5, 0.6) is 0 Å². The number of nitrogens with zero attached hydrogens (tertiary/aromatic N) is 1. The van der Waals surface area contributed by atoms with Gasteiger partial charge in [-0.05, 0) is 37.9 Å². The van der Waals surface area contributed by atoms with Crippen LogP contribution in [0.4, 0.5) is 0 Å². The lowest BCUT2D eigenvalue weighted by Gasteiger charge is -2.34. The predicted molar refractivity (Wildman–Crippen MR) is 67.7 cm³/mol. The second kappa shape index (κ2) is 5.33. The SMILES string of the molecule is CCC1CCCCN1Cc1ccc(Cl)s1. The zero-order valence-corrected chi connectivity index (χ0v) is 10.8. The summed E-state index contributed by atoms with van der Waals surface area (Å²) in [7, 11) is 0. The van der Waals surface area contributed by atoms with E-state index < -0.39 is 0 Å². The van der Waals surface area contributed by atoms with Gasteiger partial charge < -0.3 is 0 Å². The molecular weight excluding hydrogens is 226 g/mol. The molecule has 3 heteroatoms. The molecule has 0 amide bonds. The summed E-state index contributed by atoms with van der Waals surface area (Å²) in [6, 6.07) is 4.96. The Morgan fingerprint density at radius 3 is 3.00 bits per heavy atom. The van der Waals surface area contributed by atoms with Gasteiger partial charge >= 0.3 is 0 Å². The fourth-order valence-corrected chi connectivity index (χ4v) is 3.48. The lowest BCUT2D eigenvalue weighted by Crippen LogP contribution is -2.38. The smallest absolute Gasteiger partial charge is 0.0931 e. The minimum Gasteiger partial charge on any atom is -0.295 e. The highest BCUT2D eigenvalue weighted by atomic mass is 35.5. The van der Waals surface area contributed by atoms with Crippen LogP contribution in [0.2, 0.25) is 4.34 Å². The largest absolute Gasteiger partial charge is 0.295 e. The number of thiophene rings is 1. The molecule has 1 aliphatic heterocycles. The highest BCUT2D eigenvalue weighted by molar-refractivity contribution is 7.16. The van der Waals surface area contributed by atoms with Gasteiger partial charge in [-0.2, -0.15) is 0 Å². The quantitative estimate of drug-likeness (QED) is 0.771. The minimum absolute atomic E-state index is 0.791. The van der Waals surface area contributed by atoms with Crippen molar-refractivity contribution in [1.82, 2.24) is 4.90 Å². The molecule has 84 valence electrons. The Morgan fingerprint density at radius 2 is 2.33 bits per heavy atom. The van der Waals surface area contributed by atoms with Crippen molar-refractivity contribution < 1.29 is 0 Å². The van der Waals surface area contributed by atoms with Crippen LogP contribution in [0.3, 0.4) is 0 Å². The molecule has 0 spiro atoms. The Morgan fingerprint density at radius 1 is 1.47 bits per heavy atom. The number of rotatable bonds is 3. The number of hydrogen-bond donors (Lipinski definition) is 0. The van der Waals surface area contributed by atoms with Crippen molar-refractivity contribution in [2.75, 3.05) is 6.54 Å². The first-order valence-electron chi connectivity index (χ1n) is 5.78. The molecular formula is C12H18ClNS.